The Bertz CT molecular complexity index is 1120. The van der Waals surface area contributed by atoms with E-state index in [-0.39, 0.29) is 24.1 Å². The van der Waals surface area contributed by atoms with Crippen LogP contribution in [0, 0.1) is 0 Å². The van der Waals surface area contributed by atoms with E-state index in [1.165, 1.54) is 4.90 Å². The summed E-state index contributed by atoms with van der Waals surface area (Å²) < 4.78 is 5.47. The molecule has 156 valence electrons. The lowest BCUT2D eigenvalue weighted by Crippen LogP contribution is -2.31. The zero-order valence-electron chi connectivity index (χ0n) is 17.0. The number of imide groups is 1. The maximum Gasteiger partial charge on any atom is 0.278 e. The molecule has 2 amide bonds. The molecule has 0 atom stereocenters. The molecule has 0 radical (unpaired) electrons. The van der Waals surface area contributed by atoms with Crippen molar-refractivity contribution in [1.29, 1.82) is 0 Å². The van der Waals surface area contributed by atoms with Gasteiger partial charge in [0.1, 0.15) is 11.4 Å². The third-order valence-corrected chi connectivity index (χ3v) is 5.17. The van der Waals surface area contributed by atoms with Crippen LogP contribution in [0.4, 0.5) is 5.69 Å². The standard InChI is InChI=1S/C25H21ClN2O3/c1-2-31-21-14-12-20(13-15-21)27-23-22(18-8-10-19(26)11-9-18)24(29)28(25(23)30)16-17-6-4-3-5-7-17/h3-15,27H,2,16H2,1H3. The van der Waals surface area contributed by atoms with Crippen molar-refractivity contribution in [3.8, 4) is 5.75 Å². The molecule has 0 aliphatic carbocycles. The number of anilines is 1. The SMILES string of the molecule is CCOc1ccc(NC2=C(c3ccc(Cl)cc3)C(=O)N(Cc3ccccc3)C2=O)cc1. The number of hydrogen-bond acceptors (Lipinski definition) is 4. The van der Waals surface area contributed by atoms with Crippen molar-refractivity contribution in [2.75, 3.05) is 11.9 Å². The zero-order chi connectivity index (χ0) is 21.8. The first-order valence-corrected chi connectivity index (χ1v) is 10.3. The summed E-state index contributed by atoms with van der Waals surface area (Å²) in [5, 5.41) is 3.71. The Balaban J connectivity index is 1.69. The number of ether oxygens (including phenoxy) is 1. The molecule has 3 aromatic rings. The Morgan fingerprint density at radius 3 is 2.19 bits per heavy atom. The van der Waals surface area contributed by atoms with Crippen molar-refractivity contribution < 1.29 is 14.3 Å². The average molecular weight is 433 g/mol. The predicted octanol–water partition coefficient (Wildman–Crippen LogP) is 5.13. The summed E-state index contributed by atoms with van der Waals surface area (Å²) >= 11 is 6.02. The van der Waals surface area contributed by atoms with Crippen LogP contribution >= 0.6 is 11.6 Å². The maximum absolute atomic E-state index is 13.3. The Morgan fingerprint density at radius 1 is 0.871 bits per heavy atom. The molecule has 0 spiro atoms. The first kappa shape index (κ1) is 20.7. The lowest BCUT2D eigenvalue weighted by molar-refractivity contribution is -0.137. The fourth-order valence-corrected chi connectivity index (χ4v) is 3.56. The Labute approximate surface area is 185 Å². The number of rotatable bonds is 7. The molecule has 0 bridgehead atoms. The van der Waals surface area contributed by atoms with Crippen molar-refractivity contribution in [3.63, 3.8) is 0 Å². The molecule has 0 fully saturated rings. The molecular formula is C25H21ClN2O3. The predicted molar refractivity (Wildman–Crippen MR) is 122 cm³/mol. The van der Waals surface area contributed by atoms with Crippen LogP contribution in [0.25, 0.3) is 5.57 Å². The minimum absolute atomic E-state index is 0.198. The fourth-order valence-electron chi connectivity index (χ4n) is 3.43. The second-order valence-corrected chi connectivity index (χ2v) is 7.46. The van der Waals surface area contributed by atoms with Crippen LogP contribution in [0.5, 0.6) is 5.75 Å². The van der Waals surface area contributed by atoms with Crippen molar-refractivity contribution in [2.45, 2.75) is 13.5 Å². The highest BCUT2D eigenvalue weighted by molar-refractivity contribution is 6.36. The van der Waals surface area contributed by atoms with Crippen LogP contribution < -0.4 is 10.1 Å². The Kier molecular flexibility index (Phi) is 6.05. The summed E-state index contributed by atoms with van der Waals surface area (Å²) in [6, 6.07) is 23.6. The van der Waals surface area contributed by atoms with Gasteiger partial charge in [-0.05, 0) is 54.4 Å². The molecule has 1 N–H and O–H groups in total. The number of amides is 2. The largest absolute Gasteiger partial charge is 0.494 e. The Hall–Kier alpha value is -3.57. The summed E-state index contributed by atoms with van der Waals surface area (Å²) in [7, 11) is 0. The van der Waals surface area contributed by atoms with Gasteiger partial charge in [0.25, 0.3) is 11.8 Å². The molecule has 3 aromatic carbocycles. The number of benzene rings is 3. The minimum atomic E-state index is -0.368. The summed E-state index contributed by atoms with van der Waals surface area (Å²) in [5.74, 6) is 0.0248. The quantitative estimate of drug-likeness (QED) is 0.526. The van der Waals surface area contributed by atoms with Crippen LogP contribution in [0.1, 0.15) is 18.1 Å². The molecule has 5 nitrogen and oxygen atoms in total. The van der Waals surface area contributed by atoms with Gasteiger partial charge in [-0.3, -0.25) is 14.5 Å². The molecule has 1 aliphatic heterocycles. The normalized spacial score (nSPS) is 13.7. The molecule has 0 saturated heterocycles. The molecule has 0 aromatic heterocycles. The van der Waals surface area contributed by atoms with Crippen LogP contribution in [0.3, 0.4) is 0 Å². The van der Waals surface area contributed by atoms with E-state index in [0.29, 0.717) is 28.5 Å². The van der Waals surface area contributed by atoms with E-state index in [0.717, 1.165) is 11.3 Å². The molecule has 4 rings (SSSR count). The van der Waals surface area contributed by atoms with E-state index in [2.05, 4.69) is 5.32 Å². The van der Waals surface area contributed by atoms with Crippen molar-refractivity contribution >= 4 is 34.7 Å². The second-order valence-electron chi connectivity index (χ2n) is 7.02. The zero-order valence-corrected chi connectivity index (χ0v) is 17.7. The first-order chi connectivity index (χ1) is 15.1. The average Bonchev–Trinajstić information content (AvgIpc) is 3.01. The third-order valence-electron chi connectivity index (χ3n) is 4.92. The highest BCUT2D eigenvalue weighted by Gasteiger charge is 2.39. The van der Waals surface area contributed by atoms with Gasteiger partial charge in [-0.2, -0.15) is 0 Å². The van der Waals surface area contributed by atoms with Gasteiger partial charge in [0, 0.05) is 10.7 Å². The number of nitrogens with zero attached hydrogens (tertiary/aromatic N) is 1. The number of hydrogen-bond donors (Lipinski definition) is 1. The lowest BCUT2D eigenvalue weighted by Gasteiger charge is -2.15. The monoisotopic (exact) mass is 432 g/mol. The summed E-state index contributed by atoms with van der Waals surface area (Å²) in [4.78, 5) is 27.8. The van der Waals surface area contributed by atoms with Crippen LogP contribution in [-0.2, 0) is 16.1 Å². The number of carbonyl (C=O) groups excluding carboxylic acids is 2. The van der Waals surface area contributed by atoms with Gasteiger partial charge in [0.05, 0.1) is 18.7 Å². The molecule has 0 unspecified atom stereocenters. The molecule has 1 aliphatic rings. The van der Waals surface area contributed by atoms with E-state index in [4.69, 9.17) is 16.3 Å². The highest BCUT2D eigenvalue weighted by atomic mass is 35.5. The van der Waals surface area contributed by atoms with Gasteiger partial charge in [0.15, 0.2) is 0 Å². The first-order valence-electron chi connectivity index (χ1n) is 9.97. The van der Waals surface area contributed by atoms with Gasteiger partial charge in [-0.25, -0.2) is 0 Å². The summed E-state index contributed by atoms with van der Waals surface area (Å²) in [5.41, 5.74) is 2.76. The Morgan fingerprint density at radius 2 is 1.55 bits per heavy atom. The molecular weight excluding hydrogens is 412 g/mol. The van der Waals surface area contributed by atoms with Crippen molar-refractivity contribution in [1.82, 2.24) is 4.90 Å². The fraction of sp³-hybridized carbons (Fsp3) is 0.120. The van der Waals surface area contributed by atoms with Crippen LogP contribution in [0.2, 0.25) is 5.02 Å². The number of carbonyl (C=O) groups is 2. The molecule has 31 heavy (non-hydrogen) atoms. The maximum atomic E-state index is 13.3. The second kappa shape index (κ2) is 9.06. The number of halogens is 1. The van der Waals surface area contributed by atoms with Gasteiger partial charge in [-0.1, -0.05) is 54.1 Å². The summed E-state index contributed by atoms with van der Waals surface area (Å²) in [6.07, 6.45) is 0. The molecule has 0 saturated carbocycles. The van der Waals surface area contributed by atoms with Crippen molar-refractivity contribution in [3.05, 3.63) is 101 Å². The molecule has 6 heteroatoms. The lowest BCUT2D eigenvalue weighted by atomic mass is 10.0. The van der Waals surface area contributed by atoms with Crippen LogP contribution in [-0.4, -0.2) is 23.3 Å². The van der Waals surface area contributed by atoms with Gasteiger partial charge >= 0.3 is 0 Å². The van der Waals surface area contributed by atoms with Gasteiger partial charge in [0.2, 0.25) is 0 Å². The van der Waals surface area contributed by atoms with E-state index < -0.39 is 0 Å². The molecule has 1 heterocycles. The van der Waals surface area contributed by atoms with Crippen LogP contribution in [0.15, 0.2) is 84.6 Å². The van der Waals surface area contributed by atoms with Crippen molar-refractivity contribution in [2.24, 2.45) is 0 Å². The van der Waals surface area contributed by atoms with E-state index in [1.54, 1.807) is 24.3 Å². The smallest absolute Gasteiger partial charge is 0.278 e. The number of nitrogens with one attached hydrogen (secondary N) is 1. The third kappa shape index (κ3) is 4.47. The highest BCUT2D eigenvalue weighted by Crippen LogP contribution is 2.32. The van der Waals surface area contributed by atoms with Gasteiger partial charge in [-0.15, -0.1) is 0 Å². The van der Waals surface area contributed by atoms with E-state index in [9.17, 15) is 9.59 Å². The topological polar surface area (TPSA) is 58.6 Å². The summed E-state index contributed by atoms with van der Waals surface area (Å²) in [6.45, 7) is 2.68. The minimum Gasteiger partial charge on any atom is -0.494 e. The van der Waals surface area contributed by atoms with Gasteiger partial charge < -0.3 is 10.1 Å². The van der Waals surface area contributed by atoms with E-state index in [1.807, 2.05) is 61.5 Å². The van der Waals surface area contributed by atoms with E-state index >= 15 is 0 Å².